The van der Waals surface area contributed by atoms with Gasteiger partial charge in [0, 0.05) is 18.0 Å². The zero-order chi connectivity index (χ0) is 15.8. The number of benzene rings is 1. The molecule has 0 radical (unpaired) electrons. The highest BCUT2D eigenvalue weighted by Gasteiger charge is 2.32. The molecular formula is C15H21N3O2S. The number of rotatable bonds is 4. The number of anilines is 1. The summed E-state index contributed by atoms with van der Waals surface area (Å²) in [5.41, 5.74) is 5.88. The molecule has 5 nitrogen and oxygen atoms in total. The number of aromatic nitrogens is 1. The largest absolute Gasteiger partial charge is 0.384 e. The van der Waals surface area contributed by atoms with Gasteiger partial charge in [0.2, 0.25) is 10.0 Å². The number of fused-ring (bicyclic) bond motifs is 1. The van der Waals surface area contributed by atoms with Gasteiger partial charge in [-0.25, -0.2) is 13.4 Å². The molecule has 21 heavy (non-hydrogen) atoms. The second kappa shape index (κ2) is 5.27. The summed E-state index contributed by atoms with van der Waals surface area (Å²) in [6, 6.07) is 8.34. The van der Waals surface area contributed by atoms with Crippen molar-refractivity contribution in [1.29, 1.82) is 0 Å². The Morgan fingerprint density at radius 2 is 1.90 bits per heavy atom. The van der Waals surface area contributed by atoms with Gasteiger partial charge >= 0.3 is 0 Å². The number of nitrogens with two attached hydrogens (primary N) is 1. The van der Waals surface area contributed by atoms with Crippen molar-refractivity contribution in [2.75, 3.05) is 12.8 Å². The van der Waals surface area contributed by atoms with Crippen LogP contribution in [-0.4, -0.2) is 30.3 Å². The first-order chi connectivity index (χ1) is 9.68. The monoisotopic (exact) mass is 307 g/mol. The Morgan fingerprint density at radius 1 is 1.24 bits per heavy atom. The van der Waals surface area contributed by atoms with E-state index in [9.17, 15) is 8.42 Å². The molecule has 0 saturated carbocycles. The Kier molecular flexibility index (Phi) is 3.95. The van der Waals surface area contributed by atoms with Crippen LogP contribution in [0.3, 0.4) is 0 Å². The van der Waals surface area contributed by atoms with Crippen molar-refractivity contribution in [2.45, 2.75) is 37.6 Å². The van der Waals surface area contributed by atoms with Crippen LogP contribution >= 0.6 is 0 Å². The average molecular weight is 307 g/mol. The van der Waals surface area contributed by atoms with E-state index in [-0.39, 0.29) is 4.90 Å². The van der Waals surface area contributed by atoms with Gasteiger partial charge in [-0.15, -0.1) is 0 Å². The molecule has 6 heteroatoms. The molecule has 0 spiro atoms. The third kappa shape index (κ3) is 2.87. The van der Waals surface area contributed by atoms with Gasteiger partial charge in [-0.2, -0.15) is 4.31 Å². The van der Waals surface area contributed by atoms with Crippen molar-refractivity contribution in [3.05, 3.63) is 30.3 Å². The van der Waals surface area contributed by atoms with E-state index in [0.29, 0.717) is 11.3 Å². The molecule has 1 aromatic heterocycles. The fraction of sp³-hybridized carbons (Fsp3) is 0.400. The van der Waals surface area contributed by atoms with Crippen LogP contribution in [0.25, 0.3) is 10.9 Å². The molecule has 0 atom stereocenters. The molecule has 0 bridgehead atoms. The standard InChI is InChI=1S/C15H21N3O2S/c1-5-15(2,3)18(4)21(19,20)12-7-8-13-11(10-12)6-9-14(16)17-13/h6-10H,5H2,1-4H3,(H2,16,17). The molecule has 114 valence electrons. The zero-order valence-electron chi connectivity index (χ0n) is 12.8. The molecule has 0 amide bonds. The molecule has 0 aliphatic heterocycles. The quantitative estimate of drug-likeness (QED) is 0.942. The predicted molar refractivity (Wildman–Crippen MR) is 85.5 cm³/mol. The van der Waals surface area contributed by atoms with Crippen molar-refractivity contribution in [2.24, 2.45) is 0 Å². The minimum atomic E-state index is -3.54. The number of nitrogen functional groups attached to an aromatic ring is 1. The van der Waals surface area contributed by atoms with Gasteiger partial charge in [0.05, 0.1) is 10.4 Å². The Hall–Kier alpha value is -1.66. The summed E-state index contributed by atoms with van der Waals surface area (Å²) in [5, 5.41) is 0.757. The van der Waals surface area contributed by atoms with Crippen molar-refractivity contribution >= 4 is 26.7 Å². The topological polar surface area (TPSA) is 76.3 Å². The number of hydrogen-bond acceptors (Lipinski definition) is 4. The van der Waals surface area contributed by atoms with Gasteiger partial charge in [-0.3, -0.25) is 0 Å². The lowest BCUT2D eigenvalue weighted by Gasteiger charge is -2.33. The maximum Gasteiger partial charge on any atom is 0.243 e. The third-order valence-corrected chi connectivity index (χ3v) is 6.12. The van der Waals surface area contributed by atoms with Crippen LogP contribution in [0.4, 0.5) is 5.82 Å². The van der Waals surface area contributed by atoms with Crippen LogP contribution in [-0.2, 0) is 10.0 Å². The van der Waals surface area contributed by atoms with E-state index in [1.165, 1.54) is 4.31 Å². The molecule has 0 aliphatic carbocycles. The van der Waals surface area contributed by atoms with Crippen molar-refractivity contribution in [1.82, 2.24) is 9.29 Å². The fourth-order valence-corrected chi connectivity index (χ4v) is 3.60. The molecule has 0 saturated heterocycles. The van der Waals surface area contributed by atoms with Gasteiger partial charge in [0.25, 0.3) is 0 Å². The van der Waals surface area contributed by atoms with Crippen molar-refractivity contribution < 1.29 is 8.42 Å². The highest BCUT2D eigenvalue weighted by molar-refractivity contribution is 7.89. The number of pyridine rings is 1. The Morgan fingerprint density at radius 3 is 2.52 bits per heavy atom. The first-order valence-electron chi connectivity index (χ1n) is 6.84. The van der Waals surface area contributed by atoms with Gasteiger partial charge in [0.15, 0.2) is 0 Å². The first-order valence-corrected chi connectivity index (χ1v) is 8.28. The Bertz CT molecular complexity index is 770. The summed E-state index contributed by atoms with van der Waals surface area (Å²) in [6.07, 6.45) is 0.731. The van der Waals surface area contributed by atoms with Gasteiger partial charge in [-0.1, -0.05) is 6.92 Å². The van der Waals surface area contributed by atoms with E-state index in [2.05, 4.69) is 4.98 Å². The molecule has 0 unspecified atom stereocenters. The fourth-order valence-electron chi connectivity index (χ4n) is 1.99. The van der Waals surface area contributed by atoms with E-state index in [1.807, 2.05) is 20.8 Å². The van der Waals surface area contributed by atoms with E-state index in [1.54, 1.807) is 37.4 Å². The predicted octanol–water partition coefficient (Wildman–Crippen LogP) is 2.63. The summed E-state index contributed by atoms with van der Waals surface area (Å²) in [6.45, 7) is 5.79. The number of nitrogens with zero attached hydrogens (tertiary/aromatic N) is 2. The summed E-state index contributed by atoms with van der Waals surface area (Å²) < 4.78 is 26.9. The maximum atomic E-state index is 12.7. The molecular weight excluding hydrogens is 286 g/mol. The van der Waals surface area contributed by atoms with Gasteiger partial charge in [-0.05, 0) is 50.6 Å². The second-order valence-corrected chi connectivity index (χ2v) is 7.70. The number of sulfonamides is 1. The average Bonchev–Trinajstić information content (AvgIpc) is 2.45. The minimum absolute atomic E-state index is 0.269. The van der Waals surface area contributed by atoms with Crippen molar-refractivity contribution in [3.63, 3.8) is 0 Å². The number of hydrogen-bond donors (Lipinski definition) is 1. The Labute approximate surface area is 125 Å². The van der Waals surface area contributed by atoms with E-state index in [4.69, 9.17) is 5.73 Å². The maximum absolute atomic E-state index is 12.7. The zero-order valence-corrected chi connectivity index (χ0v) is 13.6. The van der Waals surface area contributed by atoms with Gasteiger partial charge < -0.3 is 5.73 Å². The first kappa shape index (κ1) is 15.7. The second-order valence-electron chi connectivity index (χ2n) is 5.73. The smallest absolute Gasteiger partial charge is 0.243 e. The Balaban J connectivity index is 2.53. The normalized spacial score (nSPS) is 13.0. The SMILES string of the molecule is CCC(C)(C)N(C)S(=O)(=O)c1ccc2nc(N)ccc2c1. The van der Waals surface area contributed by atoms with Crippen LogP contribution in [0.15, 0.2) is 35.2 Å². The highest BCUT2D eigenvalue weighted by atomic mass is 32.2. The lowest BCUT2D eigenvalue weighted by molar-refractivity contribution is 0.257. The summed E-state index contributed by atoms with van der Waals surface area (Å²) in [4.78, 5) is 4.45. The molecule has 2 N–H and O–H groups in total. The molecule has 2 aromatic rings. The van der Waals surface area contributed by atoms with Crippen LogP contribution in [0.5, 0.6) is 0 Å². The summed E-state index contributed by atoms with van der Waals surface area (Å²) >= 11 is 0. The van der Waals surface area contributed by atoms with Gasteiger partial charge in [0.1, 0.15) is 5.82 Å². The molecule has 2 rings (SSSR count). The van der Waals surface area contributed by atoms with E-state index < -0.39 is 15.6 Å². The summed E-state index contributed by atoms with van der Waals surface area (Å²) in [7, 11) is -1.92. The van der Waals surface area contributed by atoms with Crippen molar-refractivity contribution in [3.8, 4) is 0 Å². The third-order valence-electron chi connectivity index (χ3n) is 4.06. The lowest BCUT2D eigenvalue weighted by Crippen LogP contribution is -2.44. The summed E-state index contributed by atoms with van der Waals surface area (Å²) in [5.74, 6) is 0.419. The van der Waals surface area contributed by atoms with E-state index >= 15 is 0 Å². The molecule has 0 aliphatic rings. The molecule has 0 fully saturated rings. The molecule has 1 aromatic carbocycles. The van der Waals surface area contributed by atoms with Crippen LogP contribution in [0.1, 0.15) is 27.2 Å². The highest BCUT2D eigenvalue weighted by Crippen LogP contribution is 2.27. The van der Waals surface area contributed by atoms with Crippen LogP contribution < -0.4 is 5.73 Å². The lowest BCUT2D eigenvalue weighted by atomic mass is 10.0. The van der Waals surface area contributed by atoms with Crippen LogP contribution in [0.2, 0.25) is 0 Å². The minimum Gasteiger partial charge on any atom is -0.384 e. The molecule has 1 heterocycles. The van der Waals surface area contributed by atoms with Crippen LogP contribution in [0, 0.1) is 0 Å². The van der Waals surface area contributed by atoms with E-state index in [0.717, 1.165) is 11.8 Å².